The first kappa shape index (κ1) is 84.1. The number of aromatic nitrogens is 4. The van der Waals surface area contributed by atoms with Crippen LogP contribution in [0.5, 0.6) is 5.75 Å². The summed E-state index contributed by atoms with van der Waals surface area (Å²) in [6.07, 6.45) is -7.20. The van der Waals surface area contributed by atoms with Crippen molar-refractivity contribution < 1.29 is 70.6 Å². The predicted molar refractivity (Wildman–Crippen MR) is 498 cm³/mol. The number of pyridine rings is 2. The molecule has 21 rings (SSSR count). The number of hydrogen-bond acceptors (Lipinski definition) is 9. The van der Waals surface area contributed by atoms with E-state index in [9.17, 15) is 57.1 Å². The molecule has 0 unspecified atom stereocenters. The fourth-order valence-corrected chi connectivity index (χ4v) is 23.3. The van der Waals surface area contributed by atoms with Crippen LogP contribution in [0.4, 0.5) is 39.5 Å². The van der Waals surface area contributed by atoms with Gasteiger partial charge in [-0.1, -0.05) is 309 Å². The van der Waals surface area contributed by atoms with Crippen LogP contribution in [0.3, 0.4) is 0 Å². The summed E-state index contributed by atoms with van der Waals surface area (Å²) >= 11 is 0. The van der Waals surface area contributed by atoms with E-state index in [-0.39, 0.29) is 22.3 Å². The largest absolute Gasteiger partial charge is 0.494 e. The summed E-state index contributed by atoms with van der Waals surface area (Å²) in [4.78, 5) is 10.2. The molecule has 0 bridgehead atoms. The molecule has 0 N–H and O–H groups in total. The minimum Gasteiger partial charge on any atom is -0.399 e. The topological polar surface area (TPSA) is 131 Å². The fourth-order valence-electron chi connectivity index (χ4n) is 17.1. The van der Waals surface area contributed by atoms with Gasteiger partial charge in [0.05, 0.1) is 44.3 Å². The summed E-state index contributed by atoms with van der Waals surface area (Å²) in [6.45, 7) is 8.37. The number of nitrogens with zero attached hydrogens (tertiary/aromatic N) is 4. The summed E-state index contributed by atoms with van der Waals surface area (Å²) in [7, 11) is -13.9. The molecule has 1 aliphatic heterocycles. The van der Waals surface area contributed by atoms with Crippen molar-refractivity contribution >= 4 is 167 Å². The normalized spacial score (nSPS) is 14.0. The third kappa shape index (κ3) is 14.2. The van der Waals surface area contributed by atoms with Crippen LogP contribution in [-0.4, -0.2) is 68.8 Å². The first-order chi connectivity index (χ1) is 61.4. The number of hydrogen-bond donors (Lipinski definition) is 0. The zero-order valence-corrected chi connectivity index (χ0v) is 71.3. The van der Waals surface area contributed by atoms with E-state index < -0.39 is 60.5 Å². The van der Waals surface area contributed by atoms with Crippen LogP contribution in [0.2, 0.25) is 0 Å². The van der Waals surface area contributed by atoms with Crippen molar-refractivity contribution in [2.45, 2.75) is 62.2 Å². The summed E-state index contributed by atoms with van der Waals surface area (Å²) in [5.74, 6) is -15.9. The fraction of sp³-hybridized carbons (Fsp3) is 0.0962. The van der Waals surface area contributed by atoms with Crippen molar-refractivity contribution in [3.05, 3.63) is 376 Å². The molecule has 634 valence electrons. The maximum atomic E-state index is 14.9. The molecule has 1 saturated heterocycles. The second-order valence-corrected chi connectivity index (χ2v) is 39.6. The van der Waals surface area contributed by atoms with Crippen LogP contribution >= 0.6 is 14.3 Å². The molecule has 0 atom stereocenters. The zero-order chi connectivity index (χ0) is 89.1. The van der Waals surface area contributed by atoms with Crippen LogP contribution in [0.1, 0.15) is 27.7 Å². The van der Waals surface area contributed by atoms with Crippen LogP contribution in [0.15, 0.2) is 376 Å². The number of para-hydroxylation sites is 4. The Morgan fingerprint density at radius 2 is 0.680 bits per heavy atom. The molecule has 4 aromatic heterocycles. The SMILES string of the molecule is CC1(C)OB(c2ccc3c4c5ccccc5ccc4c4nc5ccccc5n4c3c2)OC1(C)C.O=P(c1ccccc1)(c1ccccc1)c1ccc(-c2cccc(-c3ccc4c5c6ccccc6ccc5c5nc6ccccc6n5c4c3)c2)cc1.O=P(c1ccccc1)(c1ccccc1)c1ccc(-c2cccc(OS(=O)(=O)C(F)(F)C(F)(F)C(F)(F)C(F)(F)F)c2)cc1. The molecule has 0 amide bonds. The van der Waals surface area contributed by atoms with E-state index in [0.29, 0.717) is 22.0 Å². The Balaban J connectivity index is 0.000000127. The van der Waals surface area contributed by atoms with Gasteiger partial charge in [0.15, 0.2) is 14.3 Å². The van der Waals surface area contributed by atoms with Gasteiger partial charge in [-0.25, -0.2) is 9.97 Å². The van der Waals surface area contributed by atoms with E-state index in [1.54, 1.807) is 60.7 Å². The van der Waals surface area contributed by atoms with E-state index in [2.05, 4.69) is 229 Å². The molecular formula is C104H74BF9N4O7P2S. The smallest absolute Gasteiger partial charge is 0.399 e. The molecule has 0 saturated carbocycles. The van der Waals surface area contributed by atoms with Crippen LogP contribution in [-0.2, 0) is 28.6 Å². The van der Waals surface area contributed by atoms with Crippen LogP contribution in [0.25, 0.3) is 132 Å². The van der Waals surface area contributed by atoms with Gasteiger partial charge in [0.25, 0.3) is 0 Å². The van der Waals surface area contributed by atoms with Crippen molar-refractivity contribution in [1.29, 1.82) is 0 Å². The van der Waals surface area contributed by atoms with Gasteiger partial charge in [-0.2, -0.15) is 47.9 Å². The summed E-state index contributed by atoms with van der Waals surface area (Å²) in [5, 5.41) is 9.02. The highest BCUT2D eigenvalue weighted by Gasteiger charge is 2.86. The van der Waals surface area contributed by atoms with Crippen molar-refractivity contribution in [3.8, 4) is 39.1 Å². The second-order valence-electron chi connectivity index (χ2n) is 32.5. The molecule has 11 nitrogen and oxygen atoms in total. The average molecular weight is 1770 g/mol. The van der Waals surface area contributed by atoms with Gasteiger partial charge in [-0.3, -0.25) is 8.80 Å². The third-order valence-electron chi connectivity index (χ3n) is 24.3. The molecular weight excluding hydrogens is 1690 g/mol. The van der Waals surface area contributed by atoms with Crippen molar-refractivity contribution in [2.24, 2.45) is 0 Å². The Morgan fingerprint density at radius 1 is 0.328 bits per heavy atom. The molecule has 1 aliphatic rings. The average Bonchev–Trinajstić information content (AvgIpc) is 0.785. The highest BCUT2D eigenvalue weighted by Crippen LogP contribution is 2.56. The Kier molecular flexibility index (Phi) is 20.9. The lowest BCUT2D eigenvalue weighted by Gasteiger charge is -2.32. The number of halogens is 9. The number of benzene rings is 16. The quantitative estimate of drug-likeness (QED) is 0.0324. The van der Waals surface area contributed by atoms with Gasteiger partial charge in [-0.05, 0) is 155 Å². The second kappa shape index (κ2) is 31.8. The van der Waals surface area contributed by atoms with Gasteiger partial charge in [-0.15, -0.1) is 0 Å². The lowest BCUT2D eigenvalue weighted by molar-refractivity contribution is -0.382. The first-order valence-electron chi connectivity index (χ1n) is 41.0. The van der Waals surface area contributed by atoms with Gasteiger partial charge in [0, 0.05) is 64.1 Å². The van der Waals surface area contributed by atoms with Crippen LogP contribution < -0.4 is 41.5 Å². The maximum Gasteiger partial charge on any atom is 0.494 e. The highest BCUT2D eigenvalue weighted by molar-refractivity contribution is 7.88. The van der Waals surface area contributed by atoms with E-state index in [1.165, 1.54) is 73.4 Å². The minimum absolute atomic E-state index is 0.0456. The molecule has 16 aromatic carbocycles. The monoisotopic (exact) mass is 1770 g/mol. The maximum absolute atomic E-state index is 14.9. The Bertz CT molecular complexity index is 7890. The van der Waals surface area contributed by atoms with Gasteiger partial charge in [0.2, 0.25) is 0 Å². The predicted octanol–water partition coefficient (Wildman–Crippen LogP) is 24.3. The highest BCUT2D eigenvalue weighted by atomic mass is 32.2. The zero-order valence-electron chi connectivity index (χ0n) is 68.7. The number of fused-ring (bicyclic) bond motifs is 20. The number of rotatable bonds is 15. The molecule has 0 spiro atoms. The Hall–Kier alpha value is -13.5. The molecule has 20 aromatic rings. The summed E-state index contributed by atoms with van der Waals surface area (Å²) < 4.78 is 194. The van der Waals surface area contributed by atoms with Crippen LogP contribution in [0, 0.1) is 0 Å². The van der Waals surface area contributed by atoms with E-state index >= 15 is 0 Å². The summed E-state index contributed by atoms with van der Waals surface area (Å²) in [5.41, 5.74) is 13.4. The lowest BCUT2D eigenvalue weighted by atomic mass is 9.78. The number of imidazole rings is 2. The van der Waals surface area contributed by atoms with E-state index in [0.717, 1.165) is 111 Å². The van der Waals surface area contributed by atoms with Gasteiger partial charge >= 0.3 is 40.5 Å². The van der Waals surface area contributed by atoms with Crippen molar-refractivity contribution in [3.63, 3.8) is 0 Å². The molecule has 5 heterocycles. The molecule has 24 heteroatoms. The third-order valence-corrected chi connectivity index (χ3v) is 31.7. The van der Waals surface area contributed by atoms with Crippen molar-refractivity contribution in [1.82, 2.24) is 18.8 Å². The number of alkyl halides is 9. The summed E-state index contributed by atoms with van der Waals surface area (Å²) in [6, 6.07) is 120. The van der Waals surface area contributed by atoms with Gasteiger partial charge in [0.1, 0.15) is 17.0 Å². The molecule has 128 heavy (non-hydrogen) atoms. The Labute approximate surface area is 729 Å². The first-order valence-corrected chi connectivity index (χ1v) is 45.8. The van der Waals surface area contributed by atoms with E-state index in [4.69, 9.17) is 19.3 Å². The van der Waals surface area contributed by atoms with Crippen molar-refractivity contribution in [2.75, 3.05) is 0 Å². The molecule has 0 aliphatic carbocycles. The molecule has 1 fully saturated rings. The standard InChI is InChI=1S/C47H31N2OP.C29H25BN2O2.C28H18F9O4PS/c50-51(37-15-3-1-4-16-37,38-17-5-2-6-18-38)39-26-22-32(23-27-39)34-13-11-14-35(30-34)36-25-28-41-45(31-36)49-44-21-10-9-20-43(44)48-47(49)42-29-24-33-12-7-8-19-40(33)46(41)42;1-28(2)29(3,4)34-30(33-28)19-14-16-21-25(17-19)32-24-12-8-7-11-23(24)31-27(32)22-15-13-18-9-5-6-10-20(18)26(21)22;29-25(30,27(33,34)35)26(31,32)28(36,37)43(39,40)41-21-9-7-8-20(18-21)19-14-16-24(17-15-19)42(38,22-10-3-1-4-11-22)23-12-5-2-6-13-23/h1-31H;5-17H,1-4H3;1-18H. The molecule has 0 radical (unpaired) electrons. The Morgan fingerprint density at radius 3 is 1.12 bits per heavy atom. The van der Waals surface area contributed by atoms with E-state index in [1.807, 2.05) is 78.9 Å². The van der Waals surface area contributed by atoms with Gasteiger partial charge < -0.3 is 22.6 Å². The lowest BCUT2D eigenvalue weighted by Crippen LogP contribution is -2.63. The minimum atomic E-state index is -7.42.